The largest absolute Gasteiger partial charge is 0.494 e. The average molecular weight is 390 g/mol. The lowest BCUT2D eigenvalue weighted by Gasteiger charge is -2.13. The Morgan fingerprint density at radius 3 is 2.59 bits per heavy atom. The van der Waals surface area contributed by atoms with Crippen LogP contribution in [-0.2, 0) is 13.0 Å². The van der Waals surface area contributed by atoms with Crippen LogP contribution < -0.4 is 16.2 Å². The number of anilines is 1. The number of hydrogen-bond acceptors (Lipinski definition) is 5. The van der Waals surface area contributed by atoms with Crippen molar-refractivity contribution >= 4 is 27.8 Å². The van der Waals surface area contributed by atoms with E-state index < -0.39 is 0 Å². The Morgan fingerprint density at radius 2 is 1.79 bits per heavy atom. The van der Waals surface area contributed by atoms with Crippen LogP contribution in [0.3, 0.4) is 0 Å². The number of imidazole rings is 1. The molecule has 6 nitrogen and oxygen atoms in total. The van der Waals surface area contributed by atoms with Crippen LogP contribution in [0.2, 0.25) is 0 Å². The number of nitrogens with zero attached hydrogens (tertiary/aromatic N) is 3. The van der Waals surface area contributed by atoms with E-state index in [4.69, 9.17) is 21.2 Å². The fourth-order valence-corrected chi connectivity index (χ4v) is 3.61. The molecule has 2 aromatic carbocycles. The molecule has 0 fully saturated rings. The summed E-state index contributed by atoms with van der Waals surface area (Å²) >= 11 is 0. The van der Waals surface area contributed by atoms with Gasteiger partial charge < -0.3 is 20.8 Å². The van der Waals surface area contributed by atoms with Crippen molar-refractivity contribution in [3.63, 3.8) is 0 Å². The van der Waals surface area contributed by atoms with Crippen LogP contribution in [0.1, 0.15) is 25.6 Å². The number of fused-ring (bicyclic) bond motifs is 3. The number of hydrogen-bond donors (Lipinski definition) is 2. The van der Waals surface area contributed by atoms with Crippen molar-refractivity contribution in [2.45, 2.75) is 38.8 Å². The van der Waals surface area contributed by atoms with Crippen LogP contribution in [0.15, 0.2) is 54.6 Å². The van der Waals surface area contributed by atoms with Gasteiger partial charge >= 0.3 is 0 Å². The maximum Gasteiger partial charge on any atom is 0.152 e. The standard InChI is InChI=1S/C23H27N5O/c1-16(24)13-14-28-20(12-7-15-29-17-8-3-2-4-9-17)27-21-22(28)18-10-5-6-11-19(18)26-23(21)25/h2-6,8-11,16H,7,12-15,24H2,1H3,(H2,25,26). The molecule has 0 radical (unpaired) electrons. The first-order valence-corrected chi connectivity index (χ1v) is 10.1. The zero-order valence-electron chi connectivity index (χ0n) is 16.7. The minimum absolute atomic E-state index is 0.118. The summed E-state index contributed by atoms with van der Waals surface area (Å²) in [4.78, 5) is 9.41. The maximum atomic E-state index is 6.25. The predicted octanol–water partition coefficient (Wildman–Crippen LogP) is 3.92. The van der Waals surface area contributed by atoms with Crippen molar-refractivity contribution in [3.8, 4) is 5.75 Å². The number of aromatic nitrogens is 3. The highest BCUT2D eigenvalue weighted by molar-refractivity contribution is 6.06. The Morgan fingerprint density at radius 1 is 1.03 bits per heavy atom. The Balaban J connectivity index is 1.64. The van der Waals surface area contributed by atoms with Gasteiger partial charge in [0.15, 0.2) is 5.82 Å². The third-order valence-corrected chi connectivity index (χ3v) is 5.05. The molecule has 0 aliphatic heterocycles. The van der Waals surface area contributed by atoms with Crippen LogP contribution in [0, 0.1) is 0 Å². The summed E-state index contributed by atoms with van der Waals surface area (Å²) in [5, 5.41) is 1.07. The molecule has 0 aliphatic carbocycles. The summed E-state index contributed by atoms with van der Waals surface area (Å²) in [5.74, 6) is 2.36. The zero-order chi connectivity index (χ0) is 20.2. The lowest BCUT2D eigenvalue weighted by atomic mass is 10.1. The van der Waals surface area contributed by atoms with Crippen LogP contribution >= 0.6 is 0 Å². The minimum Gasteiger partial charge on any atom is -0.494 e. The summed E-state index contributed by atoms with van der Waals surface area (Å²) in [6.45, 7) is 3.46. The van der Waals surface area contributed by atoms with Crippen LogP contribution in [0.25, 0.3) is 21.9 Å². The van der Waals surface area contributed by atoms with E-state index in [9.17, 15) is 0 Å². The van der Waals surface area contributed by atoms with E-state index in [0.29, 0.717) is 12.4 Å². The second-order valence-corrected chi connectivity index (χ2v) is 7.42. The van der Waals surface area contributed by atoms with Crippen LogP contribution in [0.4, 0.5) is 5.82 Å². The number of nitrogen functional groups attached to an aromatic ring is 1. The highest BCUT2D eigenvalue weighted by atomic mass is 16.5. The first-order chi connectivity index (χ1) is 14.1. The van der Waals surface area contributed by atoms with Crippen molar-refractivity contribution in [2.24, 2.45) is 5.73 Å². The van der Waals surface area contributed by atoms with E-state index in [1.807, 2.05) is 55.5 Å². The summed E-state index contributed by atoms with van der Waals surface area (Å²) in [6.07, 6.45) is 2.53. The van der Waals surface area contributed by atoms with Gasteiger partial charge in [-0.25, -0.2) is 9.97 Å². The Hall–Kier alpha value is -3.12. The predicted molar refractivity (Wildman–Crippen MR) is 118 cm³/mol. The zero-order valence-corrected chi connectivity index (χ0v) is 16.7. The number of para-hydroxylation sites is 2. The molecular formula is C23H27N5O. The number of rotatable bonds is 8. The Kier molecular flexibility index (Phi) is 5.62. The highest BCUT2D eigenvalue weighted by Gasteiger charge is 2.17. The monoisotopic (exact) mass is 389 g/mol. The SMILES string of the molecule is CC(N)CCn1c(CCCOc2ccccc2)nc2c(N)nc3ccccc3c21. The molecule has 1 atom stereocenters. The van der Waals surface area contributed by atoms with E-state index in [1.165, 1.54) is 0 Å². The molecule has 0 spiro atoms. The molecule has 4 N–H and O–H groups in total. The molecule has 0 saturated carbocycles. The lowest BCUT2D eigenvalue weighted by molar-refractivity contribution is 0.309. The molecular weight excluding hydrogens is 362 g/mol. The van der Waals surface area contributed by atoms with Gasteiger partial charge in [-0.15, -0.1) is 0 Å². The van der Waals surface area contributed by atoms with Crippen LogP contribution in [-0.4, -0.2) is 27.2 Å². The van der Waals surface area contributed by atoms with Gasteiger partial charge in [-0.3, -0.25) is 0 Å². The molecule has 0 saturated heterocycles. The van der Waals surface area contributed by atoms with Crippen molar-refractivity contribution in [2.75, 3.05) is 12.3 Å². The van der Waals surface area contributed by atoms with Crippen molar-refractivity contribution in [3.05, 3.63) is 60.4 Å². The fraction of sp³-hybridized carbons (Fsp3) is 0.304. The number of benzene rings is 2. The molecule has 0 amide bonds. The molecule has 0 aliphatic rings. The molecule has 1 unspecified atom stereocenters. The molecule has 6 heteroatoms. The summed E-state index contributed by atoms with van der Waals surface area (Å²) in [7, 11) is 0. The smallest absolute Gasteiger partial charge is 0.152 e. The van der Waals surface area contributed by atoms with Crippen molar-refractivity contribution < 1.29 is 4.74 Å². The van der Waals surface area contributed by atoms with E-state index in [2.05, 4.69) is 15.6 Å². The first-order valence-electron chi connectivity index (χ1n) is 10.1. The van der Waals surface area contributed by atoms with Gasteiger partial charge in [0.2, 0.25) is 0 Å². The normalized spacial score (nSPS) is 12.5. The van der Waals surface area contributed by atoms with E-state index >= 15 is 0 Å². The summed E-state index contributed by atoms with van der Waals surface area (Å²) in [6, 6.07) is 18.1. The molecule has 2 aromatic heterocycles. The van der Waals surface area contributed by atoms with Gasteiger partial charge in [0, 0.05) is 24.4 Å². The molecule has 29 heavy (non-hydrogen) atoms. The summed E-state index contributed by atoms with van der Waals surface area (Å²) in [5.41, 5.74) is 15.0. The van der Waals surface area contributed by atoms with Gasteiger partial charge in [-0.1, -0.05) is 36.4 Å². The Labute approximate surface area is 170 Å². The Bertz CT molecular complexity index is 1100. The number of aryl methyl sites for hydroxylation is 2. The van der Waals surface area contributed by atoms with Gasteiger partial charge in [0.25, 0.3) is 0 Å². The molecule has 0 bridgehead atoms. The second-order valence-electron chi connectivity index (χ2n) is 7.42. The van der Waals surface area contributed by atoms with Gasteiger partial charge in [0.1, 0.15) is 17.1 Å². The highest BCUT2D eigenvalue weighted by Crippen LogP contribution is 2.29. The number of pyridine rings is 1. The average Bonchev–Trinajstić information content (AvgIpc) is 3.10. The number of ether oxygens (including phenoxy) is 1. The van der Waals surface area contributed by atoms with E-state index in [-0.39, 0.29) is 6.04 Å². The van der Waals surface area contributed by atoms with Gasteiger partial charge in [0.05, 0.1) is 17.6 Å². The molecule has 2 heterocycles. The molecule has 4 aromatic rings. The second kappa shape index (κ2) is 8.49. The third-order valence-electron chi connectivity index (χ3n) is 5.05. The summed E-state index contributed by atoms with van der Waals surface area (Å²) < 4.78 is 8.11. The van der Waals surface area contributed by atoms with Crippen LogP contribution in [0.5, 0.6) is 5.75 Å². The van der Waals surface area contributed by atoms with Crippen molar-refractivity contribution in [1.82, 2.24) is 14.5 Å². The maximum absolute atomic E-state index is 6.25. The third kappa shape index (κ3) is 4.17. The van der Waals surface area contributed by atoms with Gasteiger partial charge in [-0.2, -0.15) is 0 Å². The molecule has 150 valence electrons. The topological polar surface area (TPSA) is 92.0 Å². The van der Waals surface area contributed by atoms with Gasteiger partial charge in [-0.05, 0) is 38.0 Å². The van der Waals surface area contributed by atoms with Crippen molar-refractivity contribution in [1.29, 1.82) is 0 Å². The molecule has 4 rings (SSSR count). The first kappa shape index (κ1) is 19.2. The number of nitrogens with two attached hydrogens (primary N) is 2. The fourth-order valence-electron chi connectivity index (χ4n) is 3.61. The minimum atomic E-state index is 0.118. The lowest BCUT2D eigenvalue weighted by Crippen LogP contribution is -2.18. The van der Waals surface area contributed by atoms with E-state index in [1.54, 1.807) is 0 Å². The quantitative estimate of drug-likeness (QED) is 0.446. The van der Waals surface area contributed by atoms with E-state index in [0.717, 1.165) is 59.3 Å².